The van der Waals surface area contributed by atoms with E-state index in [4.69, 9.17) is 11.6 Å². The van der Waals surface area contributed by atoms with Gasteiger partial charge in [0.1, 0.15) is 5.82 Å². The summed E-state index contributed by atoms with van der Waals surface area (Å²) < 4.78 is 40.8. The molecule has 1 N–H and O–H groups in total. The minimum absolute atomic E-state index is 0.0177. The van der Waals surface area contributed by atoms with Crippen LogP contribution in [0.5, 0.6) is 0 Å². The van der Waals surface area contributed by atoms with E-state index in [1.54, 1.807) is 49.4 Å². The van der Waals surface area contributed by atoms with Crippen LogP contribution in [0.1, 0.15) is 22.8 Å². The molecule has 1 atom stereocenters. The normalized spacial score (nSPS) is 15.7. The summed E-state index contributed by atoms with van der Waals surface area (Å²) in [6.07, 6.45) is 0.461. The Labute approximate surface area is 179 Å². The zero-order valence-corrected chi connectivity index (χ0v) is 17.5. The highest BCUT2D eigenvalue weighted by molar-refractivity contribution is 7.92. The molecule has 3 aromatic rings. The Morgan fingerprint density at radius 3 is 2.50 bits per heavy atom. The van der Waals surface area contributed by atoms with Crippen LogP contribution in [-0.4, -0.2) is 20.4 Å². The van der Waals surface area contributed by atoms with Gasteiger partial charge in [0.15, 0.2) is 0 Å². The molecule has 0 unspecified atom stereocenters. The highest BCUT2D eigenvalue weighted by atomic mass is 35.5. The molecule has 4 rings (SSSR count). The maximum Gasteiger partial charge on any atom is 0.264 e. The Bertz CT molecular complexity index is 1230. The molecule has 1 aliphatic heterocycles. The lowest BCUT2D eigenvalue weighted by atomic mass is 10.1. The van der Waals surface area contributed by atoms with E-state index in [0.29, 0.717) is 28.4 Å². The highest BCUT2D eigenvalue weighted by Crippen LogP contribution is 2.37. The molecular weight excluding hydrogens is 427 g/mol. The number of nitrogens with zero attached hydrogens (tertiary/aromatic N) is 1. The monoisotopic (exact) mass is 444 g/mol. The van der Waals surface area contributed by atoms with Crippen molar-refractivity contribution < 1.29 is 17.6 Å². The Balaban J connectivity index is 1.64. The van der Waals surface area contributed by atoms with Crippen molar-refractivity contribution in [1.82, 2.24) is 0 Å². The summed E-state index contributed by atoms with van der Waals surface area (Å²) in [5.41, 5.74) is 2.17. The third kappa shape index (κ3) is 3.66. The Hall–Kier alpha value is -2.90. The van der Waals surface area contributed by atoms with Crippen molar-refractivity contribution in [2.75, 3.05) is 9.62 Å². The van der Waals surface area contributed by atoms with Crippen molar-refractivity contribution in [3.05, 3.63) is 88.7 Å². The van der Waals surface area contributed by atoms with Gasteiger partial charge >= 0.3 is 0 Å². The maximum absolute atomic E-state index is 13.2. The van der Waals surface area contributed by atoms with Gasteiger partial charge in [-0.05, 0) is 73.5 Å². The van der Waals surface area contributed by atoms with E-state index in [2.05, 4.69) is 5.32 Å². The molecule has 0 saturated carbocycles. The van der Waals surface area contributed by atoms with Crippen LogP contribution in [0.15, 0.2) is 71.6 Å². The number of hydrogen-bond acceptors (Lipinski definition) is 3. The molecule has 0 spiro atoms. The zero-order chi connectivity index (χ0) is 21.5. The second kappa shape index (κ2) is 7.74. The van der Waals surface area contributed by atoms with Crippen LogP contribution in [0.3, 0.4) is 0 Å². The van der Waals surface area contributed by atoms with Gasteiger partial charge in [-0.25, -0.2) is 12.8 Å². The van der Waals surface area contributed by atoms with Crippen LogP contribution in [0, 0.1) is 5.82 Å². The van der Waals surface area contributed by atoms with Crippen LogP contribution in [0.25, 0.3) is 0 Å². The summed E-state index contributed by atoms with van der Waals surface area (Å²) in [6, 6.07) is 16.2. The molecule has 1 aliphatic rings. The molecule has 1 amide bonds. The number of nitrogens with one attached hydrogen (secondary N) is 1. The van der Waals surface area contributed by atoms with Crippen LogP contribution >= 0.6 is 11.6 Å². The largest absolute Gasteiger partial charge is 0.321 e. The Kier molecular flexibility index (Phi) is 5.26. The molecule has 1 heterocycles. The van der Waals surface area contributed by atoms with Gasteiger partial charge in [-0.1, -0.05) is 23.7 Å². The summed E-state index contributed by atoms with van der Waals surface area (Å²) >= 11 is 6.09. The number of anilines is 2. The predicted octanol–water partition coefficient (Wildman–Crippen LogP) is 4.87. The fourth-order valence-electron chi connectivity index (χ4n) is 3.59. The van der Waals surface area contributed by atoms with Gasteiger partial charge in [0.05, 0.1) is 21.3 Å². The number of carbonyl (C=O) groups is 1. The van der Waals surface area contributed by atoms with Gasteiger partial charge in [-0.2, -0.15) is 0 Å². The Morgan fingerprint density at radius 2 is 1.80 bits per heavy atom. The van der Waals surface area contributed by atoms with Crippen LogP contribution < -0.4 is 9.62 Å². The van der Waals surface area contributed by atoms with Gasteiger partial charge < -0.3 is 5.32 Å². The minimum atomic E-state index is -3.86. The lowest BCUT2D eigenvalue weighted by Gasteiger charge is -2.24. The molecule has 30 heavy (non-hydrogen) atoms. The fourth-order valence-corrected chi connectivity index (χ4v) is 5.46. The first kappa shape index (κ1) is 20.4. The number of carbonyl (C=O) groups excluding carboxylic acids is 1. The number of halogens is 2. The molecule has 154 valence electrons. The number of sulfonamides is 1. The first-order valence-electron chi connectivity index (χ1n) is 9.26. The molecule has 5 nitrogen and oxygen atoms in total. The van der Waals surface area contributed by atoms with Crippen molar-refractivity contribution >= 4 is 38.9 Å². The molecule has 0 aliphatic carbocycles. The van der Waals surface area contributed by atoms with Crippen LogP contribution in [0.2, 0.25) is 5.02 Å². The van der Waals surface area contributed by atoms with E-state index < -0.39 is 15.8 Å². The summed E-state index contributed by atoms with van der Waals surface area (Å²) in [5, 5.41) is 3.19. The van der Waals surface area contributed by atoms with E-state index in [1.807, 2.05) is 0 Å². The SMILES string of the molecule is C[C@@H]1Cc2cc(C(=O)Nc3ccccc3Cl)ccc2N1S(=O)(=O)c1ccc(F)cc1. The summed E-state index contributed by atoms with van der Waals surface area (Å²) in [7, 11) is -3.86. The molecule has 0 bridgehead atoms. The number of para-hydroxylation sites is 1. The molecule has 0 radical (unpaired) electrons. The first-order chi connectivity index (χ1) is 14.3. The van der Waals surface area contributed by atoms with E-state index in [-0.39, 0.29) is 16.8 Å². The average molecular weight is 445 g/mol. The molecule has 0 saturated heterocycles. The van der Waals surface area contributed by atoms with Gasteiger partial charge in [-0.15, -0.1) is 0 Å². The number of fused-ring (bicyclic) bond motifs is 1. The van der Waals surface area contributed by atoms with E-state index in [9.17, 15) is 17.6 Å². The lowest BCUT2D eigenvalue weighted by molar-refractivity contribution is 0.102. The van der Waals surface area contributed by atoms with Gasteiger partial charge in [0.25, 0.3) is 15.9 Å². The quantitative estimate of drug-likeness (QED) is 0.624. The molecule has 0 fully saturated rings. The maximum atomic E-state index is 13.2. The van der Waals surface area contributed by atoms with Crippen molar-refractivity contribution in [3.8, 4) is 0 Å². The van der Waals surface area contributed by atoms with Crippen LogP contribution in [0.4, 0.5) is 15.8 Å². The van der Waals surface area contributed by atoms with E-state index in [1.165, 1.54) is 16.4 Å². The fraction of sp³-hybridized carbons (Fsp3) is 0.136. The molecule has 3 aromatic carbocycles. The predicted molar refractivity (Wildman–Crippen MR) is 115 cm³/mol. The number of amides is 1. The standard InChI is InChI=1S/C22H18ClFN2O3S/c1-14-12-16-13-15(22(27)25-20-5-3-2-4-19(20)23)6-11-21(16)26(14)30(28,29)18-9-7-17(24)8-10-18/h2-11,13-14H,12H2,1H3,(H,25,27)/t14-/m1/s1. The second-order valence-corrected chi connectivity index (χ2v) is 9.31. The topological polar surface area (TPSA) is 66.5 Å². The summed E-state index contributed by atoms with van der Waals surface area (Å²) in [6.45, 7) is 1.80. The number of hydrogen-bond donors (Lipinski definition) is 1. The molecular formula is C22H18ClFN2O3S. The first-order valence-corrected chi connectivity index (χ1v) is 11.1. The minimum Gasteiger partial charge on any atom is -0.321 e. The number of benzene rings is 3. The third-order valence-corrected chi connectivity index (χ3v) is 7.26. The van der Waals surface area contributed by atoms with Crippen LogP contribution in [-0.2, 0) is 16.4 Å². The molecule has 8 heteroatoms. The van der Waals surface area contributed by atoms with E-state index >= 15 is 0 Å². The lowest BCUT2D eigenvalue weighted by Crippen LogP contribution is -2.35. The summed E-state index contributed by atoms with van der Waals surface area (Å²) in [4.78, 5) is 12.7. The van der Waals surface area contributed by atoms with Crippen molar-refractivity contribution in [3.63, 3.8) is 0 Å². The Morgan fingerprint density at radius 1 is 1.10 bits per heavy atom. The smallest absolute Gasteiger partial charge is 0.264 e. The molecule has 0 aromatic heterocycles. The third-order valence-electron chi connectivity index (χ3n) is 4.99. The van der Waals surface area contributed by atoms with E-state index in [0.717, 1.165) is 17.7 Å². The number of rotatable bonds is 4. The van der Waals surface area contributed by atoms with Gasteiger partial charge in [-0.3, -0.25) is 9.10 Å². The van der Waals surface area contributed by atoms with Crippen molar-refractivity contribution in [1.29, 1.82) is 0 Å². The van der Waals surface area contributed by atoms with Gasteiger partial charge in [0.2, 0.25) is 0 Å². The van der Waals surface area contributed by atoms with Crippen molar-refractivity contribution in [2.45, 2.75) is 24.3 Å². The highest BCUT2D eigenvalue weighted by Gasteiger charge is 2.36. The van der Waals surface area contributed by atoms with Gasteiger partial charge in [0, 0.05) is 11.6 Å². The second-order valence-electron chi connectivity index (χ2n) is 7.09. The summed E-state index contributed by atoms with van der Waals surface area (Å²) in [5.74, 6) is -0.837. The van der Waals surface area contributed by atoms with Crippen molar-refractivity contribution in [2.24, 2.45) is 0 Å². The average Bonchev–Trinajstić information content (AvgIpc) is 3.05. The zero-order valence-electron chi connectivity index (χ0n) is 16.0.